The predicted octanol–water partition coefficient (Wildman–Crippen LogP) is 6.25. The van der Waals surface area contributed by atoms with E-state index in [4.69, 9.17) is 0 Å². The number of amides is 2. The number of fused-ring (bicyclic) bond motifs is 5. The van der Waals surface area contributed by atoms with Gasteiger partial charge in [0.2, 0.25) is 0 Å². The van der Waals surface area contributed by atoms with E-state index in [1.807, 2.05) is 40.7 Å². The molecule has 2 aliphatic rings. The van der Waals surface area contributed by atoms with Gasteiger partial charge >= 0.3 is 6.03 Å². The number of carbonyl (C=O) groups is 1. The number of nitrogens with zero attached hydrogens (tertiary/aromatic N) is 2. The fraction of sp³-hybridized carbons (Fsp3) is 0.348. The first kappa shape index (κ1) is 18.8. The average molecular weight is 424 g/mol. The third-order valence-corrected chi connectivity index (χ3v) is 8.12. The van der Waals surface area contributed by atoms with Gasteiger partial charge < -0.3 is 14.8 Å². The molecule has 4 nitrogen and oxygen atoms in total. The largest absolute Gasteiger partial charge is 0.322 e. The molecule has 1 atom stereocenters. The molecule has 0 unspecified atom stereocenters. The number of anilines is 1. The Morgan fingerprint density at radius 1 is 1.17 bits per heavy atom. The molecule has 0 bridgehead atoms. The Bertz CT molecular complexity index is 1070. The first-order chi connectivity index (χ1) is 14.2. The van der Waals surface area contributed by atoms with Crippen molar-refractivity contribution in [1.29, 1.82) is 0 Å². The number of aromatic nitrogens is 1. The summed E-state index contributed by atoms with van der Waals surface area (Å²) in [7, 11) is 0. The summed E-state index contributed by atoms with van der Waals surface area (Å²) in [5.74, 6) is 0. The number of urea groups is 1. The summed E-state index contributed by atoms with van der Waals surface area (Å²) in [6.45, 7) is 2.80. The van der Waals surface area contributed by atoms with Crippen molar-refractivity contribution in [3.05, 3.63) is 64.3 Å². The van der Waals surface area contributed by atoms with E-state index in [-0.39, 0.29) is 12.1 Å². The Labute approximate surface area is 179 Å². The Hall–Kier alpha value is -2.18. The van der Waals surface area contributed by atoms with Crippen molar-refractivity contribution in [3.8, 4) is 5.00 Å². The highest BCUT2D eigenvalue weighted by molar-refractivity contribution is 7.98. The van der Waals surface area contributed by atoms with Gasteiger partial charge in [0, 0.05) is 32.9 Å². The van der Waals surface area contributed by atoms with Crippen LogP contribution in [0.1, 0.15) is 47.5 Å². The fourth-order valence-corrected chi connectivity index (χ4v) is 6.37. The molecule has 1 aliphatic carbocycles. The van der Waals surface area contributed by atoms with Crippen molar-refractivity contribution in [1.82, 2.24) is 9.47 Å². The van der Waals surface area contributed by atoms with E-state index < -0.39 is 0 Å². The molecule has 0 spiro atoms. The minimum absolute atomic E-state index is 0.00701. The molecular weight excluding hydrogens is 398 g/mol. The van der Waals surface area contributed by atoms with E-state index in [2.05, 4.69) is 41.2 Å². The number of thiophene rings is 1. The minimum atomic E-state index is -0.0351. The van der Waals surface area contributed by atoms with E-state index in [0.29, 0.717) is 6.54 Å². The molecule has 1 N–H and O–H groups in total. The first-order valence-corrected chi connectivity index (χ1v) is 12.2. The Morgan fingerprint density at radius 2 is 2.03 bits per heavy atom. The molecule has 3 aromatic rings. The van der Waals surface area contributed by atoms with Crippen LogP contribution < -0.4 is 5.32 Å². The molecule has 0 fully saturated rings. The zero-order valence-corrected chi connectivity index (χ0v) is 18.4. The third kappa shape index (κ3) is 3.28. The molecule has 1 aromatic carbocycles. The number of benzene rings is 1. The molecule has 5 rings (SSSR count). The Kier molecular flexibility index (Phi) is 4.92. The van der Waals surface area contributed by atoms with E-state index in [1.165, 1.54) is 46.0 Å². The maximum atomic E-state index is 13.4. The molecule has 6 heteroatoms. The van der Waals surface area contributed by atoms with Gasteiger partial charge in [-0.2, -0.15) is 0 Å². The molecule has 0 saturated carbocycles. The lowest BCUT2D eigenvalue weighted by molar-refractivity contribution is 0.189. The van der Waals surface area contributed by atoms with Crippen molar-refractivity contribution >= 4 is 34.8 Å². The molecule has 0 radical (unpaired) electrons. The van der Waals surface area contributed by atoms with Crippen LogP contribution in [-0.2, 0) is 19.4 Å². The molecule has 3 heterocycles. The highest BCUT2D eigenvalue weighted by atomic mass is 32.2. The van der Waals surface area contributed by atoms with Gasteiger partial charge in [-0.3, -0.25) is 0 Å². The SMILES string of the molecule is CSc1cccc(NC(=O)N2Cc3c(sc4c3CCCC4)-n3cccc3[C@@H]2C)c1. The van der Waals surface area contributed by atoms with Crippen molar-refractivity contribution in [2.45, 2.75) is 50.1 Å². The number of hydrogen-bond donors (Lipinski definition) is 1. The molecule has 0 saturated heterocycles. The summed E-state index contributed by atoms with van der Waals surface area (Å²) in [6, 6.07) is 12.3. The molecule has 150 valence electrons. The summed E-state index contributed by atoms with van der Waals surface area (Å²) in [4.78, 5) is 18.0. The lowest BCUT2D eigenvalue weighted by Crippen LogP contribution is -2.36. The van der Waals surface area contributed by atoms with E-state index in [0.717, 1.165) is 17.0 Å². The third-order valence-electron chi connectivity index (χ3n) is 6.06. The topological polar surface area (TPSA) is 37.3 Å². The van der Waals surface area contributed by atoms with Crippen LogP contribution in [-0.4, -0.2) is 21.8 Å². The van der Waals surface area contributed by atoms with Gasteiger partial charge in [0.15, 0.2) is 0 Å². The average Bonchev–Trinajstić information content (AvgIpc) is 3.34. The van der Waals surface area contributed by atoms with Gasteiger partial charge in [-0.15, -0.1) is 23.1 Å². The minimum Gasteiger partial charge on any atom is -0.312 e. The van der Waals surface area contributed by atoms with Crippen LogP contribution in [0.4, 0.5) is 10.5 Å². The lowest BCUT2D eigenvalue weighted by Gasteiger charge is -2.28. The molecule has 29 heavy (non-hydrogen) atoms. The van der Waals surface area contributed by atoms with Gasteiger partial charge in [0.1, 0.15) is 5.00 Å². The van der Waals surface area contributed by atoms with Crippen LogP contribution >= 0.6 is 23.1 Å². The van der Waals surface area contributed by atoms with Gasteiger partial charge in [-0.25, -0.2) is 4.79 Å². The lowest BCUT2D eigenvalue weighted by atomic mass is 9.95. The van der Waals surface area contributed by atoms with Gasteiger partial charge in [-0.1, -0.05) is 6.07 Å². The van der Waals surface area contributed by atoms with Crippen molar-refractivity contribution in [3.63, 3.8) is 0 Å². The highest BCUT2D eigenvalue weighted by Crippen LogP contribution is 2.42. The summed E-state index contributed by atoms with van der Waals surface area (Å²) in [5, 5.41) is 4.45. The van der Waals surface area contributed by atoms with Crippen LogP contribution in [0.15, 0.2) is 47.5 Å². The summed E-state index contributed by atoms with van der Waals surface area (Å²) in [5.41, 5.74) is 4.86. The summed E-state index contributed by atoms with van der Waals surface area (Å²) >= 11 is 3.61. The number of rotatable bonds is 2. The van der Waals surface area contributed by atoms with Crippen molar-refractivity contribution < 1.29 is 4.79 Å². The standard InChI is InChI=1S/C23H25N3OS2/c1-15-20-10-6-12-25(20)22-19(18-9-3-4-11-21(18)29-22)14-26(15)23(27)24-16-7-5-8-17(13-16)28-2/h5-8,10,12-13,15H,3-4,9,11,14H2,1-2H3,(H,24,27)/t15-/m0/s1. The van der Waals surface area contributed by atoms with Gasteiger partial charge in [-0.05, 0) is 74.8 Å². The van der Waals surface area contributed by atoms with E-state index >= 15 is 0 Å². The van der Waals surface area contributed by atoms with Crippen molar-refractivity contribution in [2.75, 3.05) is 11.6 Å². The zero-order chi connectivity index (χ0) is 20.0. The number of nitrogens with one attached hydrogen (secondary N) is 1. The Balaban J connectivity index is 1.52. The second-order valence-corrected chi connectivity index (χ2v) is 9.73. The normalized spacial score (nSPS) is 17.9. The predicted molar refractivity (Wildman–Crippen MR) is 121 cm³/mol. The summed E-state index contributed by atoms with van der Waals surface area (Å²) < 4.78 is 2.31. The van der Waals surface area contributed by atoms with Gasteiger partial charge in [0.25, 0.3) is 0 Å². The molecule has 2 aromatic heterocycles. The fourth-order valence-electron chi connectivity index (χ4n) is 4.50. The Morgan fingerprint density at radius 3 is 2.90 bits per heavy atom. The van der Waals surface area contributed by atoms with Crippen LogP contribution in [0.3, 0.4) is 0 Å². The van der Waals surface area contributed by atoms with Crippen LogP contribution in [0.2, 0.25) is 0 Å². The van der Waals surface area contributed by atoms with Gasteiger partial charge in [0.05, 0.1) is 12.6 Å². The second-order valence-electron chi connectivity index (χ2n) is 7.76. The first-order valence-electron chi connectivity index (χ1n) is 10.2. The van der Waals surface area contributed by atoms with Crippen molar-refractivity contribution in [2.24, 2.45) is 0 Å². The van der Waals surface area contributed by atoms with E-state index in [1.54, 1.807) is 11.8 Å². The molecule has 2 amide bonds. The highest BCUT2D eigenvalue weighted by Gasteiger charge is 2.32. The number of aryl methyl sites for hydroxylation is 1. The number of hydrogen-bond acceptors (Lipinski definition) is 3. The maximum absolute atomic E-state index is 13.4. The number of thioether (sulfide) groups is 1. The van der Waals surface area contributed by atoms with E-state index in [9.17, 15) is 4.79 Å². The molecule has 1 aliphatic heterocycles. The zero-order valence-electron chi connectivity index (χ0n) is 16.8. The molecular formula is C23H25N3OS2. The number of carbonyl (C=O) groups excluding carboxylic acids is 1. The van der Waals surface area contributed by atoms with Crippen LogP contribution in [0, 0.1) is 0 Å². The second kappa shape index (κ2) is 7.58. The summed E-state index contributed by atoms with van der Waals surface area (Å²) in [6.07, 6.45) is 9.03. The van der Waals surface area contributed by atoms with Crippen LogP contribution in [0.25, 0.3) is 5.00 Å². The quantitative estimate of drug-likeness (QED) is 0.495. The van der Waals surface area contributed by atoms with Crippen LogP contribution in [0.5, 0.6) is 0 Å². The monoisotopic (exact) mass is 423 g/mol. The maximum Gasteiger partial charge on any atom is 0.322 e. The smallest absolute Gasteiger partial charge is 0.312 e.